The van der Waals surface area contributed by atoms with Gasteiger partial charge in [-0.25, -0.2) is 4.79 Å². The van der Waals surface area contributed by atoms with E-state index >= 15 is 0 Å². The molecule has 0 bridgehead atoms. The summed E-state index contributed by atoms with van der Waals surface area (Å²) in [4.78, 5) is 37.2. The Labute approximate surface area is 159 Å². The number of ketones is 1. The number of carbonyl (C=O) groups is 3. The minimum atomic E-state index is -0.785. The van der Waals surface area contributed by atoms with Gasteiger partial charge >= 0.3 is 12.1 Å². The van der Waals surface area contributed by atoms with Crippen LogP contribution in [0.25, 0.3) is 0 Å². The van der Waals surface area contributed by atoms with Gasteiger partial charge in [-0.1, -0.05) is 30.3 Å². The van der Waals surface area contributed by atoms with Gasteiger partial charge in [0, 0.05) is 17.4 Å². The number of aliphatic hydroxyl groups is 1. The Bertz CT molecular complexity index is 681. The fourth-order valence-electron chi connectivity index (χ4n) is 3.23. The predicted molar refractivity (Wildman–Crippen MR) is 98.1 cm³/mol. The maximum Gasteiger partial charge on any atom is 0.407 e. The molecule has 0 unspecified atom stereocenters. The van der Waals surface area contributed by atoms with Gasteiger partial charge in [0.1, 0.15) is 5.60 Å². The largest absolute Gasteiger partial charge is 0.466 e. The zero-order chi connectivity index (χ0) is 20.2. The highest BCUT2D eigenvalue weighted by molar-refractivity contribution is 6.03. The van der Waals surface area contributed by atoms with E-state index in [0.717, 1.165) is 0 Å². The maximum atomic E-state index is 12.8. The van der Waals surface area contributed by atoms with Crippen LogP contribution in [0.3, 0.4) is 0 Å². The van der Waals surface area contributed by atoms with Gasteiger partial charge in [-0.3, -0.25) is 9.59 Å². The topological polar surface area (TPSA) is 102 Å². The number of alkyl carbamates (subject to hydrolysis) is 1. The Morgan fingerprint density at radius 3 is 2.30 bits per heavy atom. The highest BCUT2D eigenvalue weighted by Crippen LogP contribution is 2.51. The van der Waals surface area contributed by atoms with Gasteiger partial charge in [-0.15, -0.1) is 0 Å². The Balaban J connectivity index is 2.18. The summed E-state index contributed by atoms with van der Waals surface area (Å²) >= 11 is 0. The van der Waals surface area contributed by atoms with Crippen molar-refractivity contribution in [2.75, 3.05) is 13.2 Å². The van der Waals surface area contributed by atoms with Crippen LogP contribution in [0.5, 0.6) is 0 Å². The molecule has 0 aliphatic heterocycles. The van der Waals surface area contributed by atoms with Gasteiger partial charge in [-0.05, 0) is 27.7 Å². The molecule has 27 heavy (non-hydrogen) atoms. The van der Waals surface area contributed by atoms with Crippen LogP contribution in [0.1, 0.15) is 38.1 Å². The summed E-state index contributed by atoms with van der Waals surface area (Å²) in [6.07, 6.45) is -0.707. The lowest BCUT2D eigenvalue weighted by Crippen LogP contribution is -2.43. The monoisotopic (exact) mass is 377 g/mol. The minimum Gasteiger partial charge on any atom is -0.466 e. The molecule has 0 heterocycles. The lowest BCUT2D eigenvalue weighted by atomic mass is 10.0. The van der Waals surface area contributed by atoms with E-state index in [1.165, 1.54) is 0 Å². The Hall–Kier alpha value is -2.41. The van der Waals surface area contributed by atoms with E-state index in [9.17, 15) is 19.5 Å². The fourth-order valence-corrected chi connectivity index (χ4v) is 3.23. The second-order valence-corrected chi connectivity index (χ2v) is 7.55. The predicted octanol–water partition coefficient (Wildman–Crippen LogP) is 2.18. The molecular weight excluding hydrogens is 350 g/mol. The molecule has 0 spiro atoms. The molecule has 0 saturated heterocycles. The summed E-state index contributed by atoms with van der Waals surface area (Å²) in [5, 5.41) is 12.3. The summed E-state index contributed by atoms with van der Waals surface area (Å²) in [6, 6.07) is 7.85. The third-order valence-electron chi connectivity index (χ3n) is 4.36. The van der Waals surface area contributed by atoms with Crippen LogP contribution >= 0.6 is 0 Å². The Morgan fingerprint density at radius 1 is 1.15 bits per heavy atom. The number of rotatable bonds is 7. The molecule has 0 aromatic heterocycles. The zero-order valence-electron chi connectivity index (χ0n) is 16.1. The van der Waals surface area contributed by atoms with Gasteiger partial charge in [0.05, 0.1) is 25.2 Å². The average Bonchev–Trinajstić information content (AvgIpc) is 3.34. The molecule has 1 fully saturated rings. The molecule has 1 saturated carbocycles. The third kappa shape index (κ3) is 5.29. The maximum absolute atomic E-state index is 12.8. The molecule has 7 nitrogen and oxygen atoms in total. The van der Waals surface area contributed by atoms with Gasteiger partial charge in [0.2, 0.25) is 0 Å². The zero-order valence-corrected chi connectivity index (χ0v) is 16.1. The van der Waals surface area contributed by atoms with Crippen LogP contribution in [0, 0.1) is 17.8 Å². The van der Waals surface area contributed by atoms with Crippen molar-refractivity contribution in [2.24, 2.45) is 17.8 Å². The number of nitrogens with one attached hydrogen (secondary N) is 1. The lowest BCUT2D eigenvalue weighted by molar-refractivity contribution is -0.145. The number of benzene rings is 1. The van der Waals surface area contributed by atoms with Crippen molar-refractivity contribution in [1.82, 2.24) is 5.32 Å². The minimum absolute atomic E-state index is 0.192. The molecule has 1 aliphatic carbocycles. The lowest BCUT2D eigenvalue weighted by Gasteiger charge is -2.23. The number of ether oxygens (including phenoxy) is 2. The summed E-state index contributed by atoms with van der Waals surface area (Å²) in [5.74, 6) is -2.61. The first-order valence-corrected chi connectivity index (χ1v) is 9.06. The number of hydrogen-bond donors (Lipinski definition) is 2. The summed E-state index contributed by atoms with van der Waals surface area (Å²) in [5.41, 5.74) is -0.221. The summed E-state index contributed by atoms with van der Waals surface area (Å²) in [7, 11) is 0. The van der Waals surface area contributed by atoms with Crippen LogP contribution in [-0.2, 0) is 14.3 Å². The molecule has 1 aromatic carbocycles. The van der Waals surface area contributed by atoms with E-state index in [1.807, 2.05) is 0 Å². The first-order chi connectivity index (χ1) is 12.7. The first kappa shape index (κ1) is 20.9. The number of hydrogen-bond acceptors (Lipinski definition) is 6. The average molecular weight is 377 g/mol. The summed E-state index contributed by atoms with van der Waals surface area (Å²) in [6.45, 7) is 6.63. The molecule has 4 atom stereocenters. The van der Waals surface area contributed by atoms with Gasteiger partial charge in [0.15, 0.2) is 5.78 Å². The third-order valence-corrected chi connectivity index (χ3v) is 4.36. The number of amides is 1. The number of esters is 1. The van der Waals surface area contributed by atoms with E-state index in [4.69, 9.17) is 9.47 Å². The summed E-state index contributed by atoms with van der Waals surface area (Å²) < 4.78 is 10.3. The molecule has 1 amide bonds. The molecular formula is C20H27NO6. The van der Waals surface area contributed by atoms with Gasteiger partial charge in [-0.2, -0.15) is 0 Å². The molecule has 2 N–H and O–H groups in total. The smallest absolute Gasteiger partial charge is 0.407 e. The van der Waals surface area contributed by atoms with Crippen LogP contribution in [0.4, 0.5) is 4.79 Å². The molecule has 1 aliphatic rings. The SMILES string of the molecule is CCOC(=O)[C@H]1[C@H](C(=O)c2ccccc2)[C@@H]1[C@H](CO)NC(=O)OC(C)(C)C. The van der Waals surface area contributed by atoms with Crippen LogP contribution in [-0.4, -0.2) is 47.8 Å². The van der Waals surface area contributed by atoms with Crippen molar-refractivity contribution in [3.63, 3.8) is 0 Å². The van der Waals surface area contributed by atoms with E-state index in [2.05, 4.69) is 5.32 Å². The molecule has 1 aromatic rings. The fraction of sp³-hybridized carbons (Fsp3) is 0.550. The highest BCUT2D eigenvalue weighted by Gasteiger charge is 2.62. The molecule has 148 valence electrons. The van der Waals surface area contributed by atoms with Crippen molar-refractivity contribution in [1.29, 1.82) is 0 Å². The second kappa shape index (κ2) is 8.52. The standard InChI is InChI=1S/C20H27NO6/c1-5-26-18(24)16-14(13(11-22)21-19(25)27-20(2,3)4)15(16)17(23)12-9-7-6-8-10-12/h6-10,13-16,22H,5,11H2,1-4H3,(H,21,25)/t13-,14-,15+,16+/m0/s1. The molecule has 0 radical (unpaired) electrons. The van der Waals surface area contributed by atoms with Crippen molar-refractivity contribution in [3.8, 4) is 0 Å². The first-order valence-electron chi connectivity index (χ1n) is 9.06. The van der Waals surface area contributed by atoms with Crippen LogP contribution in [0.15, 0.2) is 30.3 Å². The normalized spacial score (nSPS) is 22.5. The van der Waals surface area contributed by atoms with Crippen molar-refractivity contribution < 1.29 is 29.0 Å². The number of Topliss-reactive ketones (excluding diaryl/α,β-unsaturated/α-hetero) is 1. The van der Waals surface area contributed by atoms with Crippen molar-refractivity contribution in [2.45, 2.75) is 39.3 Å². The quantitative estimate of drug-likeness (QED) is 0.558. The van der Waals surface area contributed by atoms with Crippen LogP contribution < -0.4 is 5.32 Å². The Morgan fingerprint density at radius 2 is 1.78 bits per heavy atom. The highest BCUT2D eigenvalue weighted by atomic mass is 16.6. The van der Waals surface area contributed by atoms with Crippen molar-refractivity contribution in [3.05, 3.63) is 35.9 Å². The number of aliphatic hydroxyl groups excluding tert-OH is 1. The second-order valence-electron chi connectivity index (χ2n) is 7.55. The van der Waals surface area contributed by atoms with E-state index in [-0.39, 0.29) is 12.4 Å². The number of carbonyl (C=O) groups excluding carboxylic acids is 3. The Kier molecular flexibility index (Phi) is 6.59. The van der Waals surface area contributed by atoms with Gasteiger partial charge < -0.3 is 19.9 Å². The molecule has 7 heteroatoms. The van der Waals surface area contributed by atoms with E-state index < -0.39 is 48.1 Å². The van der Waals surface area contributed by atoms with Crippen molar-refractivity contribution >= 4 is 17.8 Å². The van der Waals surface area contributed by atoms with E-state index in [1.54, 1.807) is 58.0 Å². The molecule has 2 rings (SSSR count). The van der Waals surface area contributed by atoms with Gasteiger partial charge in [0.25, 0.3) is 0 Å². The van der Waals surface area contributed by atoms with Crippen LogP contribution in [0.2, 0.25) is 0 Å². The van der Waals surface area contributed by atoms with E-state index in [0.29, 0.717) is 5.56 Å².